The van der Waals surface area contributed by atoms with Crippen LogP contribution < -0.4 is 0 Å². The van der Waals surface area contributed by atoms with Crippen LogP contribution in [0, 0.1) is 0 Å². The van der Waals surface area contributed by atoms with Gasteiger partial charge in [0, 0.05) is 13.0 Å². The first kappa shape index (κ1) is 48.0. The quantitative estimate of drug-likeness (QED) is 0.0284. The highest BCUT2D eigenvalue weighted by Crippen LogP contribution is 2.22. The van der Waals surface area contributed by atoms with Crippen molar-refractivity contribution in [2.45, 2.75) is 224 Å². The SMILES string of the molecule is CCCCCCCCC/C=C\CCCCCCCC(=O)OC(COCCCCCCCCCCCCCC)COC1OC(CO)C(O)C(O)C1O. The number of aliphatic hydroxyl groups excluding tert-OH is 4. The predicted octanol–water partition coefficient (Wildman–Crippen LogP) is 8.86. The van der Waals surface area contributed by atoms with Crippen LogP contribution >= 0.6 is 0 Å². The molecule has 0 aromatic heterocycles. The molecule has 0 aliphatic carbocycles. The summed E-state index contributed by atoms with van der Waals surface area (Å²) in [5.74, 6) is -0.320. The van der Waals surface area contributed by atoms with Gasteiger partial charge in [0.25, 0.3) is 0 Å². The van der Waals surface area contributed by atoms with Gasteiger partial charge in [-0.3, -0.25) is 4.79 Å². The normalized spacial score (nSPS) is 21.4. The second-order valence-electron chi connectivity index (χ2n) is 14.8. The van der Waals surface area contributed by atoms with Crippen LogP contribution in [-0.2, 0) is 23.7 Å². The maximum absolute atomic E-state index is 12.7. The van der Waals surface area contributed by atoms with Crippen LogP contribution in [0.3, 0.4) is 0 Å². The van der Waals surface area contributed by atoms with Gasteiger partial charge in [-0.05, 0) is 38.5 Å². The van der Waals surface area contributed by atoms with Gasteiger partial charge < -0.3 is 39.4 Å². The Labute approximate surface area is 312 Å². The molecule has 9 heteroatoms. The summed E-state index contributed by atoms with van der Waals surface area (Å²) in [5.41, 5.74) is 0. The molecule has 0 bridgehead atoms. The molecule has 0 aromatic carbocycles. The highest BCUT2D eigenvalue weighted by atomic mass is 16.7. The number of esters is 1. The lowest BCUT2D eigenvalue weighted by Crippen LogP contribution is -2.59. The Kier molecular flexibility index (Phi) is 32.6. The number of carbonyl (C=O) groups is 1. The molecule has 6 atom stereocenters. The van der Waals surface area contributed by atoms with Gasteiger partial charge in [-0.2, -0.15) is 0 Å². The zero-order valence-corrected chi connectivity index (χ0v) is 32.9. The van der Waals surface area contributed by atoms with E-state index < -0.39 is 43.4 Å². The monoisotopic (exact) mass is 729 g/mol. The minimum absolute atomic E-state index is 0.112. The largest absolute Gasteiger partial charge is 0.457 e. The average molecular weight is 729 g/mol. The smallest absolute Gasteiger partial charge is 0.306 e. The molecule has 6 unspecified atom stereocenters. The summed E-state index contributed by atoms with van der Waals surface area (Å²) in [5, 5.41) is 40.0. The highest BCUT2D eigenvalue weighted by Gasteiger charge is 2.44. The molecule has 1 aliphatic heterocycles. The number of rotatable bonds is 36. The third-order valence-electron chi connectivity index (χ3n) is 9.93. The molecule has 302 valence electrons. The third-order valence-corrected chi connectivity index (χ3v) is 9.93. The Morgan fingerprint density at radius 3 is 1.59 bits per heavy atom. The zero-order chi connectivity index (χ0) is 37.2. The first-order valence-electron chi connectivity index (χ1n) is 21.3. The summed E-state index contributed by atoms with van der Waals surface area (Å²) in [7, 11) is 0. The van der Waals surface area contributed by atoms with E-state index in [0.29, 0.717) is 13.0 Å². The molecule has 51 heavy (non-hydrogen) atoms. The van der Waals surface area contributed by atoms with Crippen LogP contribution in [0.25, 0.3) is 0 Å². The molecule has 1 heterocycles. The molecule has 0 radical (unpaired) electrons. The van der Waals surface area contributed by atoms with Gasteiger partial charge in [-0.1, -0.05) is 154 Å². The number of hydrogen-bond acceptors (Lipinski definition) is 9. The molecular formula is C42H80O9. The molecule has 0 amide bonds. The Hall–Kier alpha value is -1.07. The van der Waals surface area contributed by atoms with Crippen LogP contribution in [0.4, 0.5) is 0 Å². The van der Waals surface area contributed by atoms with Crippen LogP contribution in [0.1, 0.15) is 187 Å². The van der Waals surface area contributed by atoms with E-state index in [4.69, 9.17) is 18.9 Å². The van der Waals surface area contributed by atoms with Gasteiger partial charge in [0.05, 0.1) is 19.8 Å². The summed E-state index contributed by atoms with van der Waals surface area (Å²) in [4.78, 5) is 12.7. The molecule has 1 rings (SSSR count). The third kappa shape index (κ3) is 26.4. The maximum Gasteiger partial charge on any atom is 0.306 e. The van der Waals surface area contributed by atoms with E-state index >= 15 is 0 Å². The number of allylic oxidation sites excluding steroid dienone is 2. The molecule has 0 aromatic rings. The van der Waals surface area contributed by atoms with Crippen molar-refractivity contribution in [3.8, 4) is 0 Å². The maximum atomic E-state index is 12.7. The van der Waals surface area contributed by atoms with Crippen molar-refractivity contribution in [2.24, 2.45) is 0 Å². The van der Waals surface area contributed by atoms with E-state index in [9.17, 15) is 25.2 Å². The van der Waals surface area contributed by atoms with E-state index in [1.807, 2.05) is 0 Å². The van der Waals surface area contributed by atoms with Crippen molar-refractivity contribution < 1.29 is 44.2 Å². The molecule has 4 N–H and O–H groups in total. The van der Waals surface area contributed by atoms with Crippen molar-refractivity contribution in [3.63, 3.8) is 0 Å². The van der Waals surface area contributed by atoms with Gasteiger partial charge >= 0.3 is 5.97 Å². The molecule has 0 saturated carbocycles. The Morgan fingerprint density at radius 2 is 1.08 bits per heavy atom. The summed E-state index contributed by atoms with van der Waals surface area (Å²) in [6.45, 7) is 4.56. The van der Waals surface area contributed by atoms with Crippen molar-refractivity contribution in [3.05, 3.63) is 12.2 Å². The molecule has 1 aliphatic rings. The molecule has 1 fully saturated rings. The fourth-order valence-electron chi connectivity index (χ4n) is 6.54. The van der Waals surface area contributed by atoms with Crippen LogP contribution in [-0.4, -0.2) is 89.6 Å². The molecule has 9 nitrogen and oxygen atoms in total. The number of aliphatic hydroxyl groups is 4. The second-order valence-corrected chi connectivity index (χ2v) is 14.8. The summed E-state index contributed by atoms with van der Waals surface area (Å²) in [6, 6.07) is 0. The first-order valence-corrected chi connectivity index (χ1v) is 21.3. The Balaban J connectivity index is 2.29. The van der Waals surface area contributed by atoms with E-state index in [1.165, 1.54) is 122 Å². The van der Waals surface area contributed by atoms with E-state index in [1.54, 1.807) is 0 Å². The number of carbonyl (C=O) groups excluding carboxylic acids is 1. The lowest BCUT2D eigenvalue weighted by molar-refractivity contribution is -0.305. The first-order chi connectivity index (χ1) is 24.9. The van der Waals surface area contributed by atoms with Gasteiger partial charge in [0.15, 0.2) is 6.29 Å². The van der Waals surface area contributed by atoms with E-state index in [2.05, 4.69) is 26.0 Å². The average Bonchev–Trinajstić information content (AvgIpc) is 3.13. The minimum Gasteiger partial charge on any atom is -0.457 e. The molecule has 0 spiro atoms. The lowest BCUT2D eigenvalue weighted by Gasteiger charge is -2.39. The zero-order valence-electron chi connectivity index (χ0n) is 32.9. The van der Waals surface area contributed by atoms with Crippen molar-refractivity contribution in [2.75, 3.05) is 26.4 Å². The number of ether oxygens (including phenoxy) is 4. The summed E-state index contributed by atoms with van der Waals surface area (Å²) < 4.78 is 22.7. The van der Waals surface area contributed by atoms with Gasteiger partial charge in [0.1, 0.15) is 30.5 Å². The lowest BCUT2D eigenvalue weighted by atomic mass is 9.99. The Bertz CT molecular complexity index is 792. The van der Waals surface area contributed by atoms with Gasteiger partial charge in [0.2, 0.25) is 0 Å². The second kappa shape index (κ2) is 34.7. The van der Waals surface area contributed by atoms with Crippen molar-refractivity contribution in [1.82, 2.24) is 0 Å². The fourth-order valence-corrected chi connectivity index (χ4v) is 6.54. The van der Waals surface area contributed by atoms with Crippen molar-refractivity contribution in [1.29, 1.82) is 0 Å². The Morgan fingerprint density at radius 1 is 0.608 bits per heavy atom. The highest BCUT2D eigenvalue weighted by molar-refractivity contribution is 5.69. The van der Waals surface area contributed by atoms with Crippen LogP contribution in [0.2, 0.25) is 0 Å². The molecular weight excluding hydrogens is 648 g/mol. The fraction of sp³-hybridized carbons (Fsp3) is 0.929. The van der Waals surface area contributed by atoms with Gasteiger partial charge in [-0.25, -0.2) is 0 Å². The van der Waals surface area contributed by atoms with E-state index in [-0.39, 0.29) is 19.2 Å². The van der Waals surface area contributed by atoms with Gasteiger partial charge in [-0.15, -0.1) is 0 Å². The van der Waals surface area contributed by atoms with Crippen molar-refractivity contribution >= 4 is 5.97 Å². The van der Waals surface area contributed by atoms with E-state index in [0.717, 1.165) is 44.9 Å². The topological polar surface area (TPSA) is 135 Å². The predicted molar refractivity (Wildman–Crippen MR) is 206 cm³/mol. The molecule has 1 saturated heterocycles. The van der Waals surface area contributed by atoms with Crippen LogP contribution in [0.5, 0.6) is 0 Å². The standard InChI is InChI=1S/C42H80O9/c1-3-5-7-9-11-13-15-17-18-19-20-21-23-25-27-29-31-38(44)50-36(35-49-42-41(47)40(46)39(45)37(33-43)51-42)34-48-32-30-28-26-24-22-16-14-12-10-8-6-4-2/h18-19,36-37,39-43,45-47H,3-17,20-35H2,1-2H3/b19-18-. The van der Waals surface area contributed by atoms with Crippen LogP contribution in [0.15, 0.2) is 12.2 Å². The number of unbranched alkanes of at least 4 members (excludes halogenated alkanes) is 23. The number of hydrogen-bond donors (Lipinski definition) is 4. The summed E-state index contributed by atoms with van der Waals surface area (Å²) in [6.07, 6.45) is 29.4. The summed E-state index contributed by atoms with van der Waals surface area (Å²) >= 11 is 0. The minimum atomic E-state index is -1.53.